The molecule has 0 spiro atoms. The van der Waals surface area contributed by atoms with E-state index in [1.807, 2.05) is 30.3 Å². The molecule has 1 aromatic carbocycles. The molecule has 2 aromatic rings. The summed E-state index contributed by atoms with van der Waals surface area (Å²) in [5, 5.41) is 8.39. The van der Waals surface area contributed by atoms with Crippen LogP contribution in [0.2, 0.25) is 0 Å². The Morgan fingerprint density at radius 2 is 1.81 bits per heavy atom. The lowest BCUT2D eigenvalue weighted by atomic mass is 9.62. The quantitative estimate of drug-likeness (QED) is 0.822. The van der Waals surface area contributed by atoms with Crippen LogP contribution in [0, 0.1) is 5.92 Å². The van der Waals surface area contributed by atoms with Gasteiger partial charge >= 0.3 is 0 Å². The first-order valence-electron chi connectivity index (χ1n) is 9.09. The molecule has 2 aliphatic heterocycles. The van der Waals surface area contributed by atoms with Crippen LogP contribution in [0.3, 0.4) is 0 Å². The molecule has 27 heavy (non-hydrogen) atoms. The Balaban J connectivity index is 1.37. The van der Waals surface area contributed by atoms with Gasteiger partial charge in [-0.1, -0.05) is 30.3 Å². The van der Waals surface area contributed by atoms with Crippen molar-refractivity contribution < 1.29 is 18.8 Å². The van der Waals surface area contributed by atoms with Gasteiger partial charge in [0, 0.05) is 5.92 Å². The van der Waals surface area contributed by atoms with Crippen LogP contribution < -0.4 is 11.2 Å². The Morgan fingerprint density at radius 3 is 2.41 bits per heavy atom. The number of ether oxygens (including phenoxy) is 1. The van der Waals surface area contributed by atoms with Crippen molar-refractivity contribution in [1.82, 2.24) is 15.7 Å². The van der Waals surface area contributed by atoms with Crippen LogP contribution in [0.4, 0.5) is 0 Å². The summed E-state index contributed by atoms with van der Waals surface area (Å²) < 4.78 is 11.0. The van der Waals surface area contributed by atoms with Gasteiger partial charge in [0.15, 0.2) is 0 Å². The molecule has 3 aliphatic rings. The number of nitrogens with one attached hydrogen (secondary N) is 1. The first kappa shape index (κ1) is 16.5. The number of carbonyl (C=O) groups is 1. The number of hydrogen-bond acceptors (Lipinski definition) is 7. The lowest BCUT2D eigenvalue weighted by Gasteiger charge is -2.44. The van der Waals surface area contributed by atoms with E-state index in [0.29, 0.717) is 25.0 Å². The van der Waals surface area contributed by atoms with Crippen LogP contribution in [0.1, 0.15) is 42.0 Å². The summed E-state index contributed by atoms with van der Waals surface area (Å²) in [5.74, 6) is 1.54. The standard InChI is InChI=1S/C19H20N4O4/c20-16(24)15-8-19(23-27-15,13-4-2-1-3-5-13)14-6-11(7-14)17-21-22-18(26-17)12-9-25-10-12/h1-5,8,11-12,14,23H,6-7,9-10H2,(H2,20,24)/t11?,14?,19-/m0/s1. The minimum absolute atomic E-state index is 0.146. The fourth-order valence-corrected chi connectivity index (χ4v) is 3.97. The van der Waals surface area contributed by atoms with E-state index in [4.69, 9.17) is 19.7 Å². The minimum atomic E-state index is -0.590. The van der Waals surface area contributed by atoms with Gasteiger partial charge in [0.1, 0.15) is 5.54 Å². The summed E-state index contributed by atoms with van der Waals surface area (Å²) in [4.78, 5) is 17.0. The van der Waals surface area contributed by atoms with E-state index in [1.165, 1.54) is 0 Å². The van der Waals surface area contributed by atoms with Gasteiger partial charge in [-0.25, -0.2) is 0 Å². The molecule has 1 aromatic heterocycles. The predicted molar refractivity (Wildman–Crippen MR) is 92.9 cm³/mol. The number of hydroxylamine groups is 1. The van der Waals surface area contributed by atoms with Crippen molar-refractivity contribution >= 4 is 5.91 Å². The van der Waals surface area contributed by atoms with E-state index in [1.54, 1.807) is 6.08 Å². The van der Waals surface area contributed by atoms with Gasteiger partial charge in [0.25, 0.3) is 5.91 Å². The zero-order valence-electron chi connectivity index (χ0n) is 14.6. The third kappa shape index (κ3) is 2.64. The topological polar surface area (TPSA) is 113 Å². The van der Waals surface area contributed by atoms with Crippen molar-refractivity contribution in [2.45, 2.75) is 30.2 Å². The molecular weight excluding hydrogens is 348 g/mol. The van der Waals surface area contributed by atoms with Gasteiger partial charge in [-0.05, 0) is 30.4 Å². The fourth-order valence-electron chi connectivity index (χ4n) is 3.97. The number of nitrogens with zero attached hydrogens (tertiary/aromatic N) is 2. The molecule has 1 atom stereocenters. The normalized spacial score (nSPS) is 30.1. The molecule has 0 bridgehead atoms. The van der Waals surface area contributed by atoms with E-state index < -0.39 is 11.4 Å². The van der Waals surface area contributed by atoms with E-state index in [2.05, 4.69) is 15.7 Å². The van der Waals surface area contributed by atoms with Crippen LogP contribution in [-0.4, -0.2) is 29.3 Å². The summed E-state index contributed by atoms with van der Waals surface area (Å²) in [6.07, 6.45) is 3.49. The second-order valence-corrected chi connectivity index (χ2v) is 7.39. The van der Waals surface area contributed by atoms with E-state index in [0.717, 1.165) is 18.4 Å². The molecule has 8 nitrogen and oxygen atoms in total. The summed E-state index contributed by atoms with van der Waals surface area (Å²) in [7, 11) is 0. The van der Waals surface area contributed by atoms with Gasteiger partial charge in [0.2, 0.25) is 17.5 Å². The largest absolute Gasteiger partial charge is 0.424 e. The number of primary amides is 1. The Kier molecular flexibility index (Phi) is 3.76. The molecule has 3 heterocycles. The predicted octanol–water partition coefficient (Wildman–Crippen LogP) is 1.48. The van der Waals surface area contributed by atoms with Crippen LogP contribution in [0.5, 0.6) is 0 Å². The highest BCUT2D eigenvalue weighted by Gasteiger charge is 2.51. The highest BCUT2D eigenvalue weighted by molar-refractivity contribution is 5.90. The van der Waals surface area contributed by atoms with Gasteiger partial charge in [-0.2, -0.15) is 0 Å². The smallest absolute Gasteiger partial charge is 0.286 e. The summed E-state index contributed by atoms with van der Waals surface area (Å²) >= 11 is 0. The number of aromatic nitrogens is 2. The monoisotopic (exact) mass is 368 g/mol. The first-order valence-corrected chi connectivity index (χ1v) is 9.09. The molecule has 0 radical (unpaired) electrons. The zero-order valence-corrected chi connectivity index (χ0v) is 14.6. The second kappa shape index (κ2) is 6.17. The second-order valence-electron chi connectivity index (χ2n) is 7.39. The Morgan fingerprint density at radius 1 is 1.11 bits per heavy atom. The Bertz CT molecular complexity index is 886. The van der Waals surface area contributed by atoms with Crippen LogP contribution in [-0.2, 0) is 19.9 Å². The Hall–Kier alpha value is -2.71. The molecule has 140 valence electrons. The van der Waals surface area contributed by atoms with Crippen LogP contribution >= 0.6 is 0 Å². The number of amides is 1. The van der Waals surface area contributed by atoms with Crippen molar-refractivity contribution in [3.63, 3.8) is 0 Å². The molecule has 1 amide bonds. The zero-order chi connectivity index (χ0) is 18.4. The van der Waals surface area contributed by atoms with E-state index in [-0.39, 0.29) is 23.5 Å². The SMILES string of the molecule is NC(=O)C1=C[C@](c2ccccc2)(C2CC(c3nnc(C4COC4)o3)C2)NO1. The highest BCUT2D eigenvalue weighted by atomic mass is 16.7. The van der Waals surface area contributed by atoms with E-state index >= 15 is 0 Å². The molecular formula is C19H20N4O4. The van der Waals surface area contributed by atoms with Gasteiger partial charge < -0.3 is 19.7 Å². The van der Waals surface area contributed by atoms with Crippen molar-refractivity contribution in [3.8, 4) is 0 Å². The third-order valence-electron chi connectivity index (χ3n) is 5.76. The molecule has 1 aliphatic carbocycles. The average Bonchev–Trinajstić information content (AvgIpc) is 3.22. The minimum Gasteiger partial charge on any atom is -0.424 e. The highest BCUT2D eigenvalue weighted by Crippen LogP contribution is 2.52. The van der Waals surface area contributed by atoms with Crippen molar-refractivity contribution in [3.05, 3.63) is 59.5 Å². The molecule has 2 fully saturated rings. The average molecular weight is 368 g/mol. The van der Waals surface area contributed by atoms with Crippen molar-refractivity contribution in [2.24, 2.45) is 11.7 Å². The Labute approximate surface area is 155 Å². The summed E-state index contributed by atoms with van der Waals surface area (Å²) in [5.41, 5.74) is 8.91. The van der Waals surface area contributed by atoms with Crippen LogP contribution in [0.25, 0.3) is 0 Å². The van der Waals surface area contributed by atoms with Gasteiger partial charge in [0.05, 0.1) is 19.1 Å². The van der Waals surface area contributed by atoms with Gasteiger partial charge in [-0.3, -0.25) is 4.79 Å². The fraction of sp³-hybridized carbons (Fsp3) is 0.421. The first-order chi connectivity index (χ1) is 13.2. The maximum absolute atomic E-state index is 11.6. The molecule has 3 N–H and O–H groups in total. The number of nitrogens with two attached hydrogens (primary N) is 1. The maximum Gasteiger partial charge on any atom is 0.286 e. The third-order valence-corrected chi connectivity index (χ3v) is 5.76. The number of carbonyl (C=O) groups excluding carboxylic acids is 1. The van der Waals surface area contributed by atoms with E-state index in [9.17, 15) is 4.79 Å². The molecule has 8 heteroatoms. The number of hydrogen-bond donors (Lipinski definition) is 2. The maximum atomic E-state index is 11.6. The molecule has 5 rings (SSSR count). The lowest BCUT2D eigenvalue weighted by Crippen LogP contribution is -2.48. The molecule has 1 saturated carbocycles. The van der Waals surface area contributed by atoms with Gasteiger partial charge in [-0.15, -0.1) is 15.7 Å². The van der Waals surface area contributed by atoms with Crippen molar-refractivity contribution in [1.29, 1.82) is 0 Å². The number of benzene rings is 1. The summed E-state index contributed by atoms with van der Waals surface area (Å²) in [6.45, 7) is 1.29. The van der Waals surface area contributed by atoms with Crippen molar-refractivity contribution in [2.75, 3.05) is 13.2 Å². The molecule has 1 saturated heterocycles. The molecule has 0 unspecified atom stereocenters. The number of rotatable bonds is 5. The van der Waals surface area contributed by atoms with Crippen LogP contribution in [0.15, 0.2) is 46.6 Å². The lowest BCUT2D eigenvalue weighted by molar-refractivity contribution is -0.119. The summed E-state index contributed by atoms with van der Waals surface area (Å²) in [6, 6.07) is 9.93.